The van der Waals surface area contributed by atoms with Crippen LogP contribution < -0.4 is 0 Å². The van der Waals surface area contributed by atoms with Gasteiger partial charge < -0.3 is 4.74 Å². The summed E-state index contributed by atoms with van der Waals surface area (Å²) < 4.78 is 7.85. The van der Waals surface area contributed by atoms with Crippen LogP contribution in [0.15, 0.2) is 66.9 Å². The third-order valence-corrected chi connectivity index (χ3v) is 5.84. The lowest BCUT2D eigenvalue weighted by Crippen LogP contribution is -2.39. The predicted octanol–water partition coefficient (Wildman–Crippen LogP) is 4.05. The molecule has 1 aromatic heterocycles. The van der Waals surface area contributed by atoms with Gasteiger partial charge >= 0.3 is 5.97 Å². The molecule has 2 unspecified atom stereocenters. The second-order valence-corrected chi connectivity index (χ2v) is 7.39. The first-order valence-corrected chi connectivity index (χ1v) is 9.36. The van der Waals surface area contributed by atoms with Crippen LogP contribution in [0.25, 0.3) is 0 Å². The van der Waals surface area contributed by atoms with Crippen LogP contribution in [0, 0.1) is 19.8 Å². The van der Waals surface area contributed by atoms with Gasteiger partial charge in [0.2, 0.25) is 0 Å². The molecule has 1 fully saturated rings. The Kier molecular flexibility index (Phi) is 4.34. The Bertz CT molecular complexity index is 888. The highest BCUT2D eigenvalue weighted by Crippen LogP contribution is 2.47. The number of carbonyl (C=O) groups is 1. The van der Waals surface area contributed by atoms with Crippen molar-refractivity contribution in [3.63, 3.8) is 0 Å². The van der Waals surface area contributed by atoms with Crippen LogP contribution in [0.4, 0.5) is 0 Å². The smallest absolute Gasteiger partial charge is 0.321 e. The van der Waals surface area contributed by atoms with Gasteiger partial charge in [-0.05, 0) is 30.5 Å². The summed E-state index contributed by atoms with van der Waals surface area (Å²) in [6.07, 6.45) is 1.78. The van der Waals surface area contributed by atoms with Crippen LogP contribution in [0.3, 0.4) is 0 Å². The minimum absolute atomic E-state index is 0.0281. The number of aromatic nitrogens is 2. The SMILES string of the molecule is Cc1cn(CC2OC(=O)C(c3ccccc3)(c3ccccc3)C2C)nc1C. The van der Waals surface area contributed by atoms with E-state index in [0.717, 1.165) is 22.4 Å². The summed E-state index contributed by atoms with van der Waals surface area (Å²) in [6, 6.07) is 20.0. The van der Waals surface area contributed by atoms with E-state index in [1.807, 2.05) is 85.4 Å². The lowest BCUT2D eigenvalue weighted by atomic mass is 9.66. The van der Waals surface area contributed by atoms with Gasteiger partial charge in [0.05, 0.1) is 12.2 Å². The van der Waals surface area contributed by atoms with Crippen molar-refractivity contribution < 1.29 is 9.53 Å². The predicted molar refractivity (Wildman–Crippen MR) is 104 cm³/mol. The van der Waals surface area contributed by atoms with E-state index in [4.69, 9.17) is 4.74 Å². The van der Waals surface area contributed by atoms with Gasteiger partial charge in [0.15, 0.2) is 0 Å². The van der Waals surface area contributed by atoms with Crippen LogP contribution in [0.5, 0.6) is 0 Å². The minimum atomic E-state index is -0.801. The van der Waals surface area contributed by atoms with Crippen molar-refractivity contribution in [2.75, 3.05) is 0 Å². The molecule has 0 spiro atoms. The van der Waals surface area contributed by atoms with Gasteiger partial charge in [-0.2, -0.15) is 5.10 Å². The zero-order chi connectivity index (χ0) is 19.0. The summed E-state index contributed by atoms with van der Waals surface area (Å²) in [6.45, 7) is 6.71. The Labute approximate surface area is 159 Å². The van der Waals surface area contributed by atoms with Crippen molar-refractivity contribution in [2.24, 2.45) is 5.92 Å². The zero-order valence-corrected chi connectivity index (χ0v) is 15.9. The zero-order valence-electron chi connectivity index (χ0n) is 15.9. The fourth-order valence-corrected chi connectivity index (χ4v) is 4.22. The molecule has 4 rings (SSSR count). The lowest BCUT2D eigenvalue weighted by molar-refractivity contribution is -0.145. The Morgan fingerprint density at radius 1 is 1.00 bits per heavy atom. The first kappa shape index (κ1) is 17.5. The van der Waals surface area contributed by atoms with E-state index in [2.05, 4.69) is 12.0 Å². The summed E-state index contributed by atoms with van der Waals surface area (Å²) in [7, 11) is 0. The van der Waals surface area contributed by atoms with Crippen LogP contribution >= 0.6 is 0 Å². The van der Waals surface area contributed by atoms with Crippen LogP contribution in [0.2, 0.25) is 0 Å². The van der Waals surface area contributed by atoms with E-state index in [0.29, 0.717) is 6.54 Å². The number of hydrogen-bond donors (Lipinski definition) is 0. The number of rotatable bonds is 4. The first-order valence-electron chi connectivity index (χ1n) is 9.36. The molecule has 4 nitrogen and oxygen atoms in total. The molecule has 0 amide bonds. The van der Waals surface area contributed by atoms with E-state index in [-0.39, 0.29) is 18.0 Å². The average Bonchev–Trinajstić information content (AvgIpc) is 3.13. The molecular formula is C23H24N2O2. The molecule has 0 N–H and O–H groups in total. The molecule has 2 atom stereocenters. The van der Waals surface area contributed by atoms with Crippen LogP contribution in [-0.4, -0.2) is 21.9 Å². The number of nitrogens with zero attached hydrogens (tertiary/aromatic N) is 2. The number of benzene rings is 2. The highest BCUT2D eigenvalue weighted by Gasteiger charge is 2.57. The molecule has 1 aliphatic rings. The molecule has 138 valence electrons. The van der Waals surface area contributed by atoms with Gasteiger partial charge in [0.1, 0.15) is 11.5 Å². The van der Waals surface area contributed by atoms with Crippen molar-refractivity contribution in [1.82, 2.24) is 9.78 Å². The molecule has 1 saturated heterocycles. The maximum Gasteiger partial charge on any atom is 0.321 e. The summed E-state index contributed by atoms with van der Waals surface area (Å²) in [5.41, 5.74) is 3.30. The highest BCUT2D eigenvalue weighted by molar-refractivity contribution is 5.90. The van der Waals surface area contributed by atoms with Gasteiger partial charge in [0, 0.05) is 12.1 Å². The normalized spacial score (nSPS) is 21.2. The number of esters is 1. The number of hydrogen-bond acceptors (Lipinski definition) is 3. The second kappa shape index (κ2) is 6.69. The van der Waals surface area contributed by atoms with E-state index in [1.54, 1.807) is 0 Å². The molecular weight excluding hydrogens is 336 g/mol. The average molecular weight is 360 g/mol. The summed E-state index contributed by atoms with van der Waals surface area (Å²) >= 11 is 0. The van der Waals surface area contributed by atoms with Crippen molar-refractivity contribution in [3.05, 3.63) is 89.2 Å². The summed E-state index contributed by atoms with van der Waals surface area (Å²) in [5, 5.41) is 4.55. The number of aryl methyl sites for hydroxylation is 2. The van der Waals surface area contributed by atoms with E-state index in [9.17, 15) is 4.79 Å². The van der Waals surface area contributed by atoms with Crippen molar-refractivity contribution in [2.45, 2.75) is 38.8 Å². The topological polar surface area (TPSA) is 44.1 Å². The third kappa shape index (κ3) is 2.76. The molecule has 0 radical (unpaired) electrons. The Hall–Kier alpha value is -2.88. The van der Waals surface area contributed by atoms with Gasteiger partial charge in [-0.3, -0.25) is 9.48 Å². The molecule has 1 aliphatic heterocycles. The summed E-state index contributed by atoms with van der Waals surface area (Å²) in [4.78, 5) is 13.3. The minimum Gasteiger partial charge on any atom is -0.459 e. The maximum absolute atomic E-state index is 13.3. The Morgan fingerprint density at radius 2 is 1.56 bits per heavy atom. The Balaban J connectivity index is 1.78. The van der Waals surface area contributed by atoms with Crippen LogP contribution in [-0.2, 0) is 21.5 Å². The van der Waals surface area contributed by atoms with Crippen molar-refractivity contribution >= 4 is 5.97 Å². The molecule has 2 heterocycles. The van der Waals surface area contributed by atoms with Gasteiger partial charge in [-0.15, -0.1) is 0 Å². The molecule has 4 heteroatoms. The molecule has 0 aliphatic carbocycles. The molecule has 27 heavy (non-hydrogen) atoms. The van der Waals surface area contributed by atoms with E-state index in [1.165, 1.54) is 0 Å². The molecule has 0 bridgehead atoms. The standard InChI is InChI=1S/C23H24N2O2/c1-16-14-25(24-18(16)3)15-21-17(2)23(22(26)27-21,19-10-6-4-7-11-19)20-12-8-5-9-13-20/h4-14,17,21H,15H2,1-3H3. The molecule has 0 saturated carbocycles. The van der Waals surface area contributed by atoms with Crippen molar-refractivity contribution in [3.8, 4) is 0 Å². The lowest BCUT2D eigenvalue weighted by Gasteiger charge is -2.31. The fourth-order valence-electron chi connectivity index (χ4n) is 4.22. The van der Waals surface area contributed by atoms with Gasteiger partial charge in [-0.1, -0.05) is 67.6 Å². The monoisotopic (exact) mass is 360 g/mol. The summed E-state index contributed by atoms with van der Waals surface area (Å²) in [5.74, 6) is -0.211. The largest absolute Gasteiger partial charge is 0.459 e. The highest BCUT2D eigenvalue weighted by atomic mass is 16.6. The number of cyclic esters (lactones) is 1. The van der Waals surface area contributed by atoms with E-state index >= 15 is 0 Å². The van der Waals surface area contributed by atoms with E-state index < -0.39 is 5.41 Å². The van der Waals surface area contributed by atoms with Crippen molar-refractivity contribution in [1.29, 1.82) is 0 Å². The quantitative estimate of drug-likeness (QED) is 0.660. The maximum atomic E-state index is 13.3. The Morgan fingerprint density at radius 3 is 2.04 bits per heavy atom. The number of carbonyl (C=O) groups excluding carboxylic acids is 1. The second-order valence-electron chi connectivity index (χ2n) is 7.39. The van der Waals surface area contributed by atoms with Crippen LogP contribution in [0.1, 0.15) is 29.3 Å². The number of ether oxygens (including phenoxy) is 1. The van der Waals surface area contributed by atoms with Gasteiger partial charge in [0.25, 0.3) is 0 Å². The third-order valence-electron chi connectivity index (χ3n) is 5.84. The fraction of sp³-hybridized carbons (Fsp3) is 0.304. The van der Waals surface area contributed by atoms with Gasteiger partial charge in [-0.25, -0.2) is 0 Å². The molecule has 2 aromatic carbocycles. The first-order chi connectivity index (χ1) is 13.0. The molecule has 3 aromatic rings.